The number of nitrogens with zero attached hydrogens (tertiary/aromatic N) is 2. The number of hydrogen-bond donors (Lipinski definition) is 2. The van der Waals surface area contributed by atoms with E-state index < -0.39 is 22.8 Å². The molecule has 5 amide bonds. The Morgan fingerprint density at radius 3 is 2.57 bits per heavy atom. The summed E-state index contributed by atoms with van der Waals surface area (Å²) in [7, 11) is 0. The van der Waals surface area contributed by atoms with E-state index in [0.29, 0.717) is 21.9 Å². The zero-order valence-electron chi connectivity index (χ0n) is 19.5. The molecule has 1 saturated heterocycles. The number of imide groups is 2. The van der Waals surface area contributed by atoms with Gasteiger partial charge in [-0.15, -0.1) is 0 Å². The molecular weight excluding hydrogens is 480 g/mol. The smallest absolute Gasteiger partial charge is 0.335 e. The van der Waals surface area contributed by atoms with Gasteiger partial charge in [-0.2, -0.15) is 0 Å². The van der Waals surface area contributed by atoms with E-state index in [1.54, 1.807) is 24.3 Å². The summed E-state index contributed by atoms with van der Waals surface area (Å²) in [5, 5.41) is 15.9. The van der Waals surface area contributed by atoms with Crippen molar-refractivity contribution in [2.45, 2.75) is 6.92 Å². The van der Waals surface area contributed by atoms with E-state index in [-0.39, 0.29) is 29.5 Å². The SMILES string of the molecule is Cc1cccc(NC(=O)COc2cccc(/C=C3/C(=O)NC(=O)N(c4cccc([N+](=O)[O-])c4)C3=O)c2)c1. The summed E-state index contributed by atoms with van der Waals surface area (Å²) < 4.78 is 5.54. The molecule has 11 heteroatoms. The first kappa shape index (κ1) is 24.8. The van der Waals surface area contributed by atoms with Crippen LogP contribution in [0.2, 0.25) is 0 Å². The number of anilines is 2. The van der Waals surface area contributed by atoms with Crippen LogP contribution in [0.4, 0.5) is 21.9 Å². The highest BCUT2D eigenvalue weighted by Gasteiger charge is 2.37. The van der Waals surface area contributed by atoms with Gasteiger partial charge in [0.2, 0.25) is 0 Å². The van der Waals surface area contributed by atoms with Crippen molar-refractivity contribution >= 4 is 46.9 Å². The normalized spacial score (nSPS) is 14.4. The third-order valence-corrected chi connectivity index (χ3v) is 5.24. The van der Waals surface area contributed by atoms with E-state index >= 15 is 0 Å². The second-order valence-corrected chi connectivity index (χ2v) is 8.01. The Kier molecular flexibility index (Phi) is 7.05. The maximum Gasteiger partial charge on any atom is 0.335 e. The van der Waals surface area contributed by atoms with Crippen molar-refractivity contribution in [1.82, 2.24) is 5.32 Å². The molecule has 0 spiro atoms. The number of urea groups is 1. The molecule has 0 aliphatic carbocycles. The van der Waals surface area contributed by atoms with Gasteiger partial charge in [-0.3, -0.25) is 29.8 Å². The fourth-order valence-electron chi connectivity index (χ4n) is 3.57. The molecule has 0 saturated carbocycles. The predicted octanol–water partition coefficient (Wildman–Crippen LogP) is 3.59. The van der Waals surface area contributed by atoms with Gasteiger partial charge < -0.3 is 10.1 Å². The lowest BCUT2D eigenvalue weighted by atomic mass is 10.1. The molecule has 0 bridgehead atoms. The van der Waals surface area contributed by atoms with E-state index in [1.165, 1.54) is 30.3 Å². The maximum atomic E-state index is 13.1. The van der Waals surface area contributed by atoms with E-state index in [9.17, 15) is 29.3 Å². The van der Waals surface area contributed by atoms with Crippen molar-refractivity contribution in [2.75, 3.05) is 16.8 Å². The van der Waals surface area contributed by atoms with Gasteiger partial charge in [0.05, 0.1) is 10.6 Å². The molecule has 11 nitrogen and oxygen atoms in total. The molecule has 1 fully saturated rings. The number of carbonyl (C=O) groups is 4. The fourth-order valence-corrected chi connectivity index (χ4v) is 3.57. The average molecular weight is 500 g/mol. The number of non-ortho nitro benzene ring substituents is 1. The van der Waals surface area contributed by atoms with Crippen molar-refractivity contribution in [3.05, 3.63) is 99.6 Å². The van der Waals surface area contributed by atoms with Gasteiger partial charge in [0, 0.05) is 17.8 Å². The summed E-state index contributed by atoms with van der Waals surface area (Å²) in [5.74, 6) is -1.93. The number of barbiturate groups is 1. The number of rotatable bonds is 7. The standard InChI is InChI=1S/C26H20N4O7/c1-16-5-2-7-18(11-16)27-23(31)15-37-21-10-3-6-17(12-21)13-22-24(32)28-26(34)29(25(22)33)19-8-4-9-20(14-19)30(35)36/h2-14H,15H2,1H3,(H,27,31)(H,28,32,34)/b22-13-. The molecule has 2 N–H and O–H groups in total. The van der Waals surface area contributed by atoms with E-state index in [4.69, 9.17) is 4.74 Å². The number of nitro benzene ring substituents is 1. The van der Waals surface area contributed by atoms with Crippen LogP contribution in [0.15, 0.2) is 78.4 Å². The van der Waals surface area contributed by atoms with Crippen molar-refractivity contribution in [3.8, 4) is 5.75 Å². The van der Waals surface area contributed by atoms with E-state index in [2.05, 4.69) is 10.6 Å². The Labute approximate surface area is 210 Å². The number of hydrogen-bond acceptors (Lipinski definition) is 7. The molecule has 1 heterocycles. The molecule has 0 aromatic heterocycles. The Morgan fingerprint density at radius 1 is 1.05 bits per heavy atom. The molecule has 0 unspecified atom stereocenters. The molecule has 4 rings (SSSR count). The minimum Gasteiger partial charge on any atom is -0.484 e. The number of benzene rings is 3. The summed E-state index contributed by atoms with van der Waals surface area (Å²) in [4.78, 5) is 61.1. The first-order chi connectivity index (χ1) is 17.7. The van der Waals surface area contributed by atoms with Crippen LogP contribution in [-0.4, -0.2) is 35.3 Å². The van der Waals surface area contributed by atoms with Crippen LogP contribution in [-0.2, 0) is 14.4 Å². The predicted molar refractivity (Wildman–Crippen MR) is 134 cm³/mol. The summed E-state index contributed by atoms with van der Waals surface area (Å²) in [5.41, 5.74) is 1.27. The molecule has 3 aromatic rings. The van der Waals surface area contributed by atoms with E-state index in [0.717, 1.165) is 11.6 Å². The maximum absolute atomic E-state index is 13.1. The molecule has 1 aliphatic heterocycles. The third-order valence-electron chi connectivity index (χ3n) is 5.24. The van der Waals surface area contributed by atoms with Crippen LogP contribution in [0.25, 0.3) is 6.08 Å². The monoisotopic (exact) mass is 500 g/mol. The minimum absolute atomic E-state index is 0.0631. The molecule has 3 aromatic carbocycles. The van der Waals surface area contributed by atoms with Gasteiger partial charge in [0.1, 0.15) is 11.3 Å². The van der Waals surface area contributed by atoms with E-state index in [1.807, 2.05) is 25.1 Å². The van der Waals surface area contributed by atoms with Crippen molar-refractivity contribution in [1.29, 1.82) is 0 Å². The van der Waals surface area contributed by atoms with Crippen LogP contribution in [0.3, 0.4) is 0 Å². The fraction of sp³-hybridized carbons (Fsp3) is 0.0769. The molecular formula is C26H20N4O7. The molecule has 37 heavy (non-hydrogen) atoms. The lowest BCUT2D eigenvalue weighted by Gasteiger charge is -2.26. The molecule has 186 valence electrons. The zero-order valence-corrected chi connectivity index (χ0v) is 19.5. The van der Waals surface area contributed by atoms with Crippen LogP contribution < -0.4 is 20.3 Å². The van der Waals surface area contributed by atoms with Crippen LogP contribution in [0.5, 0.6) is 5.75 Å². The Hall–Kier alpha value is -5.32. The van der Waals surface area contributed by atoms with Gasteiger partial charge in [-0.25, -0.2) is 9.69 Å². The lowest BCUT2D eigenvalue weighted by molar-refractivity contribution is -0.384. The van der Waals surface area contributed by atoms with Gasteiger partial charge in [-0.1, -0.05) is 30.3 Å². The summed E-state index contributed by atoms with van der Waals surface area (Å²) >= 11 is 0. The quantitative estimate of drug-likeness (QED) is 0.218. The lowest BCUT2D eigenvalue weighted by Crippen LogP contribution is -2.54. The van der Waals surface area contributed by atoms with Gasteiger partial charge in [0.15, 0.2) is 6.61 Å². The zero-order chi connectivity index (χ0) is 26.5. The summed E-state index contributed by atoms with van der Waals surface area (Å²) in [6.07, 6.45) is 1.26. The Morgan fingerprint density at radius 2 is 1.81 bits per heavy atom. The molecule has 0 atom stereocenters. The highest BCUT2D eigenvalue weighted by atomic mass is 16.6. The number of ether oxygens (including phenoxy) is 1. The highest BCUT2D eigenvalue weighted by Crippen LogP contribution is 2.26. The third kappa shape index (κ3) is 5.85. The van der Waals surface area contributed by atoms with Crippen LogP contribution >= 0.6 is 0 Å². The van der Waals surface area contributed by atoms with Gasteiger partial charge in [0.25, 0.3) is 23.4 Å². The first-order valence-electron chi connectivity index (χ1n) is 11.0. The second-order valence-electron chi connectivity index (χ2n) is 8.01. The largest absolute Gasteiger partial charge is 0.484 e. The number of amides is 5. The second kappa shape index (κ2) is 10.5. The van der Waals surface area contributed by atoms with Crippen molar-refractivity contribution < 1.29 is 28.8 Å². The molecule has 1 aliphatic rings. The molecule has 0 radical (unpaired) electrons. The number of aryl methyl sites for hydroxylation is 1. The Balaban J connectivity index is 1.50. The topological polar surface area (TPSA) is 148 Å². The first-order valence-corrected chi connectivity index (χ1v) is 11.0. The Bertz CT molecular complexity index is 1460. The van der Waals surface area contributed by atoms with Crippen LogP contribution in [0, 0.1) is 17.0 Å². The van der Waals surface area contributed by atoms with Crippen molar-refractivity contribution in [2.24, 2.45) is 0 Å². The van der Waals surface area contributed by atoms with Gasteiger partial charge >= 0.3 is 6.03 Å². The highest BCUT2D eigenvalue weighted by molar-refractivity contribution is 6.39. The number of carbonyl (C=O) groups excluding carboxylic acids is 4. The number of nitrogens with one attached hydrogen (secondary N) is 2. The number of nitro groups is 1. The van der Waals surface area contributed by atoms with Gasteiger partial charge in [-0.05, 0) is 54.5 Å². The summed E-state index contributed by atoms with van der Waals surface area (Å²) in [6, 6.07) is 17.5. The summed E-state index contributed by atoms with van der Waals surface area (Å²) in [6.45, 7) is 1.63. The van der Waals surface area contributed by atoms with Crippen LogP contribution in [0.1, 0.15) is 11.1 Å². The van der Waals surface area contributed by atoms with Crippen molar-refractivity contribution in [3.63, 3.8) is 0 Å². The minimum atomic E-state index is -1.02. The average Bonchev–Trinajstić information content (AvgIpc) is 2.86.